The summed E-state index contributed by atoms with van der Waals surface area (Å²) >= 11 is 0. The van der Waals surface area contributed by atoms with Crippen LogP contribution in [-0.2, 0) is 9.53 Å². The third-order valence-corrected chi connectivity index (χ3v) is 5.22. The predicted octanol–water partition coefficient (Wildman–Crippen LogP) is 4.73. The average Bonchev–Trinajstić information content (AvgIpc) is 3.12. The molecule has 7 nitrogen and oxygen atoms in total. The fourth-order valence-corrected chi connectivity index (χ4v) is 3.72. The Labute approximate surface area is 184 Å². The van der Waals surface area contributed by atoms with Gasteiger partial charge < -0.3 is 19.0 Å². The van der Waals surface area contributed by atoms with Crippen LogP contribution in [-0.4, -0.2) is 58.1 Å². The molecule has 1 aromatic heterocycles. The Morgan fingerprint density at radius 2 is 2.06 bits per heavy atom. The number of aromatic nitrogens is 1. The maximum atomic E-state index is 12.7. The van der Waals surface area contributed by atoms with Gasteiger partial charge in [0.25, 0.3) is 0 Å². The van der Waals surface area contributed by atoms with Gasteiger partial charge in [0.05, 0.1) is 0 Å². The number of carbonyl (C=O) groups is 2. The number of likely N-dealkylation sites (tertiary alicyclic amines) is 1. The van der Waals surface area contributed by atoms with E-state index in [0.29, 0.717) is 31.1 Å². The maximum absolute atomic E-state index is 12.7. The van der Waals surface area contributed by atoms with Crippen LogP contribution in [0, 0.1) is 5.92 Å². The Balaban J connectivity index is 1.60. The summed E-state index contributed by atoms with van der Waals surface area (Å²) < 4.78 is 11.2. The number of hydrogen-bond acceptors (Lipinski definition) is 5. The summed E-state index contributed by atoms with van der Waals surface area (Å²) in [6.45, 7) is 11.5. The highest BCUT2D eigenvalue weighted by atomic mass is 16.6. The van der Waals surface area contributed by atoms with Crippen LogP contribution in [0.15, 0.2) is 34.8 Å². The van der Waals surface area contributed by atoms with Crippen LogP contribution in [0.4, 0.5) is 4.79 Å². The number of oxazole rings is 1. The average molecular weight is 428 g/mol. The summed E-state index contributed by atoms with van der Waals surface area (Å²) in [7, 11) is 0. The van der Waals surface area contributed by atoms with Gasteiger partial charge in [-0.05, 0) is 65.5 Å². The van der Waals surface area contributed by atoms with E-state index in [0.717, 1.165) is 18.4 Å². The molecule has 1 unspecified atom stereocenters. The van der Waals surface area contributed by atoms with Crippen molar-refractivity contribution in [1.82, 2.24) is 14.8 Å². The van der Waals surface area contributed by atoms with Crippen molar-refractivity contribution in [3.05, 3.63) is 36.2 Å². The molecule has 0 spiro atoms. The molecule has 0 bridgehead atoms. The summed E-state index contributed by atoms with van der Waals surface area (Å²) in [6, 6.07) is 7.53. The van der Waals surface area contributed by atoms with Crippen LogP contribution in [0.1, 0.15) is 53.4 Å². The van der Waals surface area contributed by atoms with Crippen LogP contribution in [0.25, 0.3) is 17.2 Å². The number of amides is 2. The second-order valence-electron chi connectivity index (χ2n) is 9.37. The van der Waals surface area contributed by atoms with Crippen molar-refractivity contribution in [3.63, 3.8) is 0 Å². The smallest absolute Gasteiger partial charge is 0.410 e. The van der Waals surface area contributed by atoms with E-state index in [2.05, 4.69) is 4.98 Å². The topological polar surface area (TPSA) is 75.9 Å². The van der Waals surface area contributed by atoms with Crippen LogP contribution in [0.3, 0.4) is 0 Å². The largest absolute Gasteiger partial charge is 0.444 e. The van der Waals surface area contributed by atoms with Crippen molar-refractivity contribution in [2.75, 3.05) is 19.6 Å². The molecule has 1 aromatic carbocycles. The number of para-hydroxylation sites is 2. The van der Waals surface area contributed by atoms with E-state index in [1.54, 1.807) is 11.0 Å². The molecule has 2 aromatic rings. The molecule has 1 saturated heterocycles. The van der Waals surface area contributed by atoms with Gasteiger partial charge in [-0.15, -0.1) is 0 Å². The highest BCUT2D eigenvalue weighted by molar-refractivity contribution is 5.91. The molecular formula is C24H33N3O4. The molecule has 168 valence electrons. The molecule has 1 aliphatic heterocycles. The predicted molar refractivity (Wildman–Crippen MR) is 120 cm³/mol. The Kier molecular flexibility index (Phi) is 7.03. The lowest BCUT2D eigenvalue weighted by atomic mass is 9.97. The van der Waals surface area contributed by atoms with Crippen molar-refractivity contribution in [1.29, 1.82) is 0 Å². The number of nitrogens with zero attached hydrogens (tertiary/aromatic N) is 3. The summed E-state index contributed by atoms with van der Waals surface area (Å²) in [5, 5.41) is 0. The first-order valence-electron chi connectivity index (χ1n) is 10.9. The second-order valence-corrected chi connectivity index (χ2v) is 9.37. The summed E-state index contributed by atoms with van der Waals surface area (Å²) in [5.41, 5.74) is 0.931. The van der Waals surface area contributed by atoms with E-state index in [9.17, 15) is 9.59 Å². The number of fused-ring (bicyclic) bond motifs is 1. The van der Waals surface area contributed by atoms with E-state index in [4.69, 9.17) is 9.15 Å². The fraction of sp³-hybridized carbons (Fsp3) is 0.542. The normalized spacial score (nSPS) is 17.5. The molecule has 0 saturated carbocycles. The summed E-state index contributed by atoms with van der Waals surface area (Å²) in [6.07, 6.45) is 4.72. The van der Waals surface area contributed by atoms with Crippen LogP contribution >= 0.6 is 0 Å². The molecule has 7 heteroatoms. The zero-order valence-electron chi connectivity index (χ0n) is 19.1. The molecule has 1 fully saturated rings. The molecule has 3 rings (SSSR count). The van der Waals surface area contributed by atoms with Crippen molar-refractivity contribution >= 4 is 29.2 Å². The molecule has 2 amide bonds. The lowest BCUT2D eigenvalue weighted by Gasteiger charge is -2.37. The van der Waals surface area contributed by atoms with Gasteiger partial charge in [-0.1, -0.05) is 12.1 Å². The fourth-order valence-electron chi connectivity index (χ4n) is 3.72. The first kappa shape index (κ1) is 22.8. The van der Waals surface area contributed by atoms with E-state index in [1.165, 1.54) is 6.08 Å². The number of rotatable bonds is 5. The Morgan fingerprint density at radius 3 is 2.74 bits per heavy atom. The molecule has 1 aliphatic rings. The Morgan fingerprint density at radius 1 is 1.32 bits per heavy atom. The highest BCUT2D eigenvalue weighted by Crippen LogP contribution is 2.21. The van der Waals surface area contributed by atoms with Crippen molar-refractivity contribution in [2.45, 2.75) is 59.1 Å². The Bertz CT molecular complexity index is 909. The second kappa shape index (κ2) is 9.54. The maximum Gasteiger partial charge on any atom is 0.410 e. The molecule has 0 N–H and O–H groups in total. The molecule has 1 atom stereocenters. The monoisotopic (exact) mass is 427 g/mol. The number of carbonyl (C=O) groups excluding carboxylic acids is 2. The first-order valence-corrected chi connectivity index (χ1v) is 10.9. The molecule has 2 heterocycles. The zero-order valence-corrected chi connectivity index (χ0v) is 19.1. The number of benzene rings is 1. The SMILES string of the molecule is CC(C)N(CC1CCCN(C(=O)C=Cc2nc3ccccc3o2)C1)C(=O)OC(C)(C)C. The third kappa shape index (κ3) is 6.32. The molecule has 0 radical (unpaired) electrons. The van der Waals surface area contributed by atoms with Gasteiger partial charge in [-0.3, -0.25) is 4.79 Å². The van der Waals surface area contributed by atoms with Gasteiger partial charge in [0.2, 0.25) is 11.8 Å². The van der Waals surface area contributed by atoms with Gasteiger partial charge in [-0.2, -0.15) is 0 Å². The first-order chi connectivity index (χ1) is 14.6. The van der Waals surface area contributed by atoms with Crippen molar-refractivity contribution < 1.29 is 18.7 Å². The van der Waals surface area contributed by atoms with Crippen LogP contribution in [0.5, 0.6) is 0 Å². The van der Waals surface area contributed by atoms with Gasteiger partial charge in [0.15, 0.2) is 5.58 Å². The summed E-state index contributed by atoms with van der Waals surface area (Å²) in [5.74, 6) is 0.560. The van der Waals surface area contributed by atoms with Crippen LogP contribution in [0.2, 0.25) is 0 Å². The highest BCUT2D eigenvalue weighted by Gasteiger charge is 2.29. The summed E-state index contributed by atoms with van der Waals surface area (Å²) in [4.78, 5) is 33.3. The number of hydrogen-bond donors (Lipinski definition) is 0. The third-order valence-electron chi connectivity index (χ3n) is 5.22. The number of ether oxygens (including phenoxy) is 1. The minimum atomic E-state index is -0.533. The van der Waals surface area contributed by atoms with Crippen molar-refractivity contribution in [3.8, 4) is 0 Å². The minimum Gasteiger partial charge on any atom is -0.444 e. The van der Waals surface area contributed by atoms with Gasteiger partial charge in [-0.25, -0.2) is 9.78 Å². The standard InChI is InChI=1S/C24H33N3O4/c1-17(2)27(23(29)31-24(3,4)5)16-18-9-8-14-26(15-18)22(28)13-12-21-25-19-10-6-7-11-20(19)30-21/h6-7,10-13,17-18H,8-9,14-16H2,1-5H3. The van der Waals surface area contributed by atoms with E-state index in [-0.39, 0.29) is 24.0 Å². The quantitative estimate of drug-likeness (QED) is 0.645. The van der Waals surface area contributed by atoms with Gasteiger partial charge >= 0.3 is 6.09 Å². The van der Waals surface area contributed by atoms with E-state index < -0.39 is 5.60 Å². The van der Waals surface area contributed by atoms with Crippen LogP contribution < -0.4 is 0 Å². The molecule has 0 aliphatic carbocycles. The number of piperidine rings is 1. The Hall–Kier alpha value is -2.83. The van der Waals surface area contributed by atoms with Gasteiger partial charge in [0, 0.05) is 37.8 Å². The lowest BCUT2D eigenvalue weighted by molar-refractivity contribution is -0.127. The molecular weight excluding hydrogens is 394 g/mol. The lowest BCUT2D eigenvalue weighted by Crippen LogP contribution is -2.47. The van der Waals surface area contributed by atoms with Gasteiger partial charge in [0.1, 0.15) is 11.1 Å². The molecule has 31 heavy (non-hydrogen) atoms. The minimum absolute atomic E-state index is 0.0278. The van der Waals surface area contributed by atoms with E-state index >= 15 is 0 Å². The van der Waals surface area contributed by atoms with E-state index in [1.807, 2.05) is 63.8 Å². The zero-order chi connectivity index (χ0) is 22.6. The van der Waals surface area contributed by atoms with Crippen molar-refractivity contribution in [2.24, 2.45) is 5.92 Å².